The normalized spacial score (nSPS) is 33.7. The van der Waals surface area contributed by atoms with Gasteiger partial charge < -0.3 is 19.0 Å². The number of rotatable bonds is 7. The van der Waals surface area contributed by atoms with Crippen LogP contribution in [-0.4, -0.2) is 56.8 Å². The lowest BCUT2D eigenvalue weighted by atomic mass is 9.74. The maximum Gasteiger partial charge on any atom is 0.192 e. The monoisotopic (exact) mass is 436 g/mol. The summed E-state index contributed by atoms with van der Waals surface area (Å²) in [7, 11) is -1.82. The van der Waals surface area contributed by atoms with Gasteiger partial charge in [-0.3, -0.25) is 4.79 Å². The molecule has 0 aromatic rings. The van der Waals surface area contributed by atoms with Crippen LogP contribution in [0.3, 0.4) is 0 Å². The molecule has 1 saturated heterocycles. The summed E-state index contributed by atoms with van der Waals surface area (Å²) in [5, 5.41) is 10.8. The van der Waals surface area contributed by atoms with Gasteiger partial charge in [0.25, 0.3) is 0 Å². The molecule has 0 saturated carbocycles. The van der Waals surface area contributed by atoms with Gasteiger partial charge in [-0.25, -0.2) is 0 Å². The number of aliphatic hydroxyl groups is 1. The second-order valence-electron chi connectivity index (χ2n) is 11.0. The van der Waals surface area contributed by atoms with Crippen molar-refractivity contribution in [3.8, 4) is 0 Å². The zero-order valence-corrected chi connectivity index (χ0v) is 20.7. The van der Waals surface area contributed by atoms with Crippen LogP contribution >= 0.6 is 0 Å². The molecule has 5 nitrogen and oxygen atoms in total. The molecular formula is C24H40O5Si. The van der Waals surface area contributed by atoms with Gasteiger partial charge in [-0.2, -0.15) is 0 Å². The quantitative estimate of drug-likeness (QED) is 0.364. The van der Waals surface area contributed by atoms with Gasteiger partial charge >= 0.3 is 0 Å². The average Bonchev–Trinajstić information content (AvgIpc) is 3.45. The fraction of sp³-hybridized carbons (Fsp3) is 0.792. The van der Waals surface area contributed by atoms with Crippen LogP contribution in [0.4, 0.5) is 0 Å². The van der Waals surface area contributed by atoms with E-state index in [2.05, 4.69) is 46.9 Å². The van der Waals surface area contributed by atoms with Gasteiger partial charge in [-0.15, -0.1) is 0 Å². The number of ether oxygens (including phenoxy) is 2. The number of ketones is 1. The molecule has 6 atom stereocenters. The van der Waals surface area contributed by atoms with Crippen molar-refractivity contribution in [1.29, 1.82) is 0 Å². The van der Waals surface area contributed by atoms with E-state index in [1.165, 1.54) is 5.57 Å². The van der Waals surface area contributed by atoms with Gasteiger partial charge in [0.05, 0.1) is 37.6 Å². The lowest BCUT2D eigenvalue weighted by Crippen LogP contribution is -2.44. The Balaban J connectivity index is 1.65. The minimum atomic E-state index is -1.82. The Morgan fingerprint density at radius 2 is 1.90 bits per heavy atom. The average molecular weight is 437 g/mol. The fourth-order valence-electron chi connectivity index (χ4n) is 4.37. The summed E-state index contributed by atoms with van der Waals surface area (Å²) in [5.74, 6) is 0.144. The maximum absolute atomic E-state index is 12.3. The Labute approximate surface area is 183 Å². The molecule has 3 aliphatic rings. The van der Waals surface area contributed by atoms with E-state index in [4.69, 9.17) is 13.9 Å². The third kappa shape index (κ3) is 5.71. The minimum absolute atomic E-state index is 0.0322. The van der Waals surface area contributed by atoms with Crippen molar-refractivity contribution in [1.82, 2.24) is 0 Å². The Hall–Kier alpha value is -0.793. The van der Waals surface area contributed by atoms with Gasteiger partial charge in [-0.1, -0.05) is 32.4 Å². The van der Waals surface area contributed by atoms with Crippen LogP contribution in [-0.2, 0) is 18.7 Å². The first-order chi connectivity index (χ1) is 13.9. The highest BCUT2D eigenvalue weighted by Crippen LogP contribution is 2.40. The summed E-state index contributed by atoms with van der Waals surface area (Å²) < 4.78 is 18.5. The number of aliphatic hydroxyl groups excluding tert-OH is 1. The number of Topliss-reactive ketones (excluding diaryl/α,β-unsaturated/α-hetero) is 1. The van der Waals surface area contributed by atoms with Gasteiger partial charge in [0.15, 0.2) is 14.1 Å². The van der Waals surface area contributed by atoms with Crippen molar-refractivity contribution in [2.75, 3.05) is 13.2 Å². The largest absolute Gasteiger partial charge is 0.414 e. The molecule has 2 aliphatic heterocycles. The van der Waals surface area contributed by atoms with Crippen molar-refractivity contribution >= 4 is 14.1 Å². The van der Waals surface area contributed by atoms with Gasteiger partial charge in [0, 0.05) is 12.3 Å². The molecule has 0 aromatic heterocycles. The van der Waals surface area contributed by atoms with Crippen LogP contribution in [0.25, 0.3) is 0 Å². The van der Waals surface area contributed by atoms with E-state index < -0.39 is 14.4 Å². The number of hydrogen-bond donors (Lipinski definition) is 1. The Morgan fingerprint density at radius 3 is 2.50 bits per heavy atom. The standard InChI is InChI=1S/C24H40O5Si/c1-15-8-17(29-18(9-15)13-28-30(6,7)24(3,4)5)11-20(23-14-27-23)19-12-21(25)16(2)10-22(19)26/h8,10,17-20,22-23,26H,9,11-14H2,1-7H3/t17?,18-,19+,20?,22+,23?/m0/s1. The predicted molar refractivity (Wildman–Crippen MR) is 121 cm³/mol. The fourth-order valence-corrected chi connectivity index (χ4v) is 5.40. The summed E-state index contributed by atoms with van der Waals surface area (Å²) in [6, 6.07) is 0. The third-order valence-electron chi connectivity index (χ3n) is 7.43. The molecule has 0 radical (unpaired) electrons. The van der Waals surface area contributed by atoms with E-state index in [9.17, 15) is 9.90 Å². The van der Waals surface area contributed by atoms with E-state index in [0.29, 0.717) is 25.2 Å². The molecule has 1 aliphatic carbocycles. The molecule has 6 heteroatoms. The van der Waals surface area contributed by atoms with E-state index in [0.717, 1.165) is 12.8 Å². The first-order valence-electron chi connectivity index (χ1n) is 11.4. The zero-order valence-electron chi connectivity index (χ0n) is 19.7. The van der Waals surface area contributed by atoms with Crippen LogP contribution in [0.1, 0.15) is 53.9 Å². The summed E-state index contributed by atoms with van der Waals surface area (Å²) in [4.78, 5) is 12.3. The minimum Gasteiger partial charge on any atom is -0.414 e. The highest BCUT2D eigenvalue weighted by Gasteiger charge is 2.44. The molecule has 2 heterocycles. The first kappa shape index (κ1) is 23.9. The molecule has 3 rings (SSSR count). The van der Waals surface area contributed by atoms with Crippen LogP contribution in [0.2, 0.25) is 18.1 Å². The third-order valence-corrected chi connectivity index (χ3v) is 11.9. The number of carbonyl (C=O) groups is 1. The second-order valence-corrected chi connectivity index (χ2v) is 15.8. The van der Waals surface area contributed by atoms with Gasteiger partial charge in [0.2, 0.25) is 0 Å². The highest BCUT2D eigenvalue weighted by atomic mass is 28.4. The number of hydrogen-bond acceptors (Lipinski definition) is 5. The molecule has 0 spiro atoms. The van der Waals surface area contributed by atoms with Crippen molar-refractivity contribution in [2.45, 2.75) is 96.4 Å². The predicted octanol–water partition coefficient (Wildman–Crippen LogP) is 4.41. The SMILES string of the molecule is CC1=CC(CC(C2CO2)[C@H]2CC(=O)C(C)=C[C@H]2O)O[C@H](CO[Si](C)(C)C(C)(C)C)C1. The topological polar surface area (TPSA) is 68.3 Å². The molecular weight excluding hydrogens is 396 g/mol. The van der Waals surface area contributed by atoms with Crippen LogP contribution in [0.15, 0.2) is 23.3 Å². The lowest BCUT2D eigenvalue weighted by Gasteiger charge is -2.39. The van der Waals surface area contributed by atoms with Crippen LogP contribution < -0.4 is 0 Å². The Bertz CT molecular complexity index is 701. The van der Waals surface area contributed by atoms with E-state index in [1.54, 1.807) is 13.0 Å². The first-order valence-corrected chi connectivity index (χ1v) is 14.3. The molecule has 30 heavy (non-hydrogen) atoms. The lowest BCUT2D eigenvalue weighted by molar-refractivity contribution is -0.119. The van der Waals surface area contributed by atoms with Crippen molar-refractivity contribution in [2.24, 2.45) is 11.8 Å². The zero-order chi connectivity index (χ0) is 22.3. The number of carbonyl (C=O) groups excluding carboxylic acids is 1. The molecule has 0 bridgehead atoms. The molecule has 1 N–H and O–H groups in total. The van der Waals surface area contributed by atoms with Gasteiger partial charge in [0.1, 0.15) is 0 Å². The smallest absolute Gasteiger partial charge is 0.192 e. The Morgan fingerprint density at radius 1 is 1.23 bits per heavy atom. The highest BCUT2D eigenvalue weighted by molar-refractivity contribution is 6.74. The molecule has 0 amide bonds. The van der Waals surface area contributed by atoms with E-state index in [1.807, 2.05) is 0 Å². The summed E-state index contributed by atoms with van der Waals surface area (Å²) in [6.45, 7) is 16.6. The molecule has 170 valence electrons. The van der Waals surface area contributed by atoms with Crippen molar-refractivity contribution in [3.63, 3.8) is 0 Å². The summed E-state index contributed by atoms with van der Waals surface area (Å²) >= 11 is 0. The second kappa shape index (κ2) is 8.98. The van der Waals surface area contributed by atoms with Crippen LogP contribution in [0, 0.1) is 11.8 Å². The number of epoxide rings is 1. The maximum atomic E-state index is 12.3. The Kier molecular flexibility index (Phi) is 7.15. The molecule has 3 unspecified atom stereocenters. The van der Waals surface area contributed by atoms with Crippen molar-refractivity contribution < 1.29 is 23.8 Å². The summed E-state index contributed by atoms with van der Waals surface area (Å²) in [6.07, 6.45) is 5.50. The molecule has 1 fully saturated rings. The van der Waals surface area contributed by atoms with E-state index in [-0.39, 0.29) is 41.0 Å². The molecule has 0 aromatic carbocycles. The van der Waals surface area contributed by atoms with Gasteiger partial charge in [-0.05, 0) is 62.4 Å². The van der Waals surface area contributed by atoms with Crippen molar-refractivity contribution in [3.05, 3.63) is 23.3 Å². The summed E-state index contributed by atoms with van der Waals surface area (Å²) in [5.41, 5.74) is 1.99. The number of allylic oxidation sites excluding steroid dienone is 1. The van der Waals surface area contributed by atoms with E-state index >= 15 is 0 Å². The van der Waals surface area contributed by atoms with Crippen LogP contribution in [0.5, 0.6) is 0 Å².